The Bertz CT molecular complexity index is 782. The number of aliphatic carboxylic acids is 1. The van der Waals surface area contributed by atoms with Crippen LogP contribution < -0.4 is 0 Å². The van der Waals surface area contributed by atoms with Gasteiger partial charge in [0.25, 0.3) is 5.91 Å². The average Bonchev–Trinajstić information content (AvgIpc) is 3.17. The molecule has 4 rings (SSSR count). The van der Waals surface area contributed by atoms with Crippen molar-refractivity contribution in [3.8, 4) is 0 Å². The van der Waals surface area contributed by atoms with Crippen LogP contribution in [0, 0.1) is 5.92 Å². The third-order valence-corrected chi connectivity index (χ3v) is 5.55. The van der Waals surface area contributed by atoms with Crippen LogP contribution in [0.2, 0.25) is 0 Å². The summed E-state index contributed by atoms with van der Waals surface area (Å²) < 4.78 is 0. The van der Waals surface area contributed by atoms with Crippen LogP contribution in [-0.2, 0) is 14.4 Å². The van der Waals surface area contributed by atoms with Crippen LogP contribution in [0.25, 0.3) is 0 Å². The molecule has 0 aliphatic carbocycles. The van der Waals surface area contributed by atoms with Crippen LogP contribution in [0.4, 0.5) is 0 Å². The predicted molar refractivity (Wildman–Crippen MR) is 89.8 cm³/mol. The molecular weight excluding hydrogens is 357 g/mol. The SMILES string of the molecule is CC(=O)N1C[C@H]2CC(C(S)c3nc[nH]n3)=C(C(=O)O)N3C(=O)[C@@H]1[C@@H]23.[NaH]. The number of amides is 2. The fourth-order valence-corrected chi connectivity index (χ4v) is 4.40. The normalized spacial score (nSPS) is 28.2. The minimum absolute atomic E-state index is 0. The van der Waals surface area contributed by atoms with Crippen molar-refractivity contribution in [1.29, 1.82) is 0 Å². The second-order valence-electron chi connectivity index (χ2n) is 6.22. The molecular formula is C14H16N5NaO4S. The zero-order valence-electron chi connectivity index (χ0n) is 12.7. The fourth-order valence-electron chi connectivity index (χ4n) is 4.05. The van der Waals surface area contributed by atoms with E-state index in [1.165, 1.54) is 23.1 Å². The number of aromatic nitrogens is 3. The predicted octanol–water partition coefficient (Wildman–Crippen LogP) is -1.07. The van der Waals surface area contributed by atoms with Gasteiger partial charge in [-0.05, 0) is 12.0 Å². The van der Waals surface area contributed by atoms with Crippen LogP contribution >= 0.6 is 12.6 Å². The van der Waals surface area contributed by atoms with Gasteiger partial charge in [0, 0.05) is 19.4 Å². The summed E-state index contributed by atoms with van der Waals surface area (Å²) in [6.45, 7) is 1.87. The Morgan fingerprint density at radius 2 is 2.20 bits per heavy atom. The van der Waals surface area contributed by atoms with Gasteiger partial charge in [0.15, 0.2) is 5.82 Å². The Kier molecular flexibility index (Phi) is 4.73. The maximum atomic E-state index is 12.5. The molecule has 3 aliphatic heterocycles. The second-order valence-corrected chi connectivity index (χ2v) is 6.73. The molecule has 128 valence electrons. The molecule has 0 aromatic carbocycles. The maximum absolute atomic E-state index is 12.5. The Balaban J connectivity index is 0.00000182. The average molecular weight is 373 g/mol. The van der Waals surface area contributed by atoms with Crippen LogP contribution in [-0.4, -0.2) is 96.1 Å². The van der Waals surface area contributed by atoms with Gasteiger partial charge < -0.3 is 10.0 Å². The molecule has 1 aromatic heterocycles. The van der Waals surface area contributed by atoms with Crippen LogP contribution in [0.1, 0.15) is 24.4 Å². The number of β-lactam (4-membered cyclic amide) rings is 1. The number of rotatable bonds is 3. The number of nitrogens with zero attached hydrogens (tertiary/aromatic N) is 4. The Morgan fingerprint density at radius 1 is 1.48 bits per heavy atom. The monoisotopic (exact) mass is 373 g/mol. The summed E-state index contributed by atoms with van der Waals surface area (Å²) in [5.41, 5.74) is 0.455. The van der Waals surface area contributed by atoms with Gasteiger partial charge in [-0.25, -0.2) is 9.78 Å². The molecule has 11 heteroatoms. The summed E-state index contributed by atoms with van der Waals surface area (Å²) in [6.07, 6.45) is 1.84. The van der Waals surface area contributed by atoms with E-state index in [0.717, 1.165) is 0 Å². The summed E-state index contributed by atoms with van der Waals surface area (Å²) in [6, 6.07) is -0.797. The molecule has 25 heavy (non-hydrogen) atoms. The van der Waals surface area contributed by atoms with E-state index >= 15 is 0 Å². The number of aromatic amines is 1. The number of H-pyrrole nitrogens is 1. The molecule has 9 nitrogen and oxygen atoms in total. The van der Waals surface area contributed by atoms with Gasteiger partial charge in [-0.1, -0.05) is 0 Å². The molecule has 4 atom stereocenters. The van der Waals surface area contributed by atoms with Crippen molar-refractivity contribution >= 4 is 60.0 Å². The third-order valence-electron chi connectivity index (χ3n) is 5.00. The van der Waals surface area contributed by atoms with Crippen molar-refractivity contribution in [3.05, 3.63) is 23.4 Å². The first-order chi connectivity index (χ1) is 11.4. The van der Waals surface area contributed by atoms with Gasteiger partial charge in [-0.15, -0.1) is 0 Å². The number of hydrogen-bond acceptors (Lipinski definition) is 6. The summed E-state index contributed by atoms with van der Waals surface area (Å²) in [5.74, 6) is -1.33. The fraction of sp³-hybridized carbons (Fsp3) is 0.500. The van der Waals surface area contributed by atoms with E-state index in [-0.39, 0.29) is 59.0 Å². The van der Waals surface area contributed by atoms with Crippen molar-refractivity contribution in [2.45, 2.75) is 30.7 Å². The number of likely N-dealkylation sites (tertiary alicyclic amines) is 1. The topological polar surface area (TPSA) is 119 Å². The van der Waals surface area contributed by atoms with Crippen molar-refractivity contribution in [2.24, 2.45) is 5.92 Å². The summed E-state index contributed by atoms with van der Waals surface area (Å²) >= 11 is 4.48. The number of carbonyl (C=O) groups is 3. The van der Waals surface area contributed by atoms with E-state index in [4.69, 9.17) is 0 Å². The van der Waals surface area contributed by atoms with Gasteiger partial charge in [0.05, 0.1) is 11.3 Å². The number of nitrogens with one attached hydrogen (secondary N) is 1. The molecule has 3 aliphatic rings. The van der Waals surface area contributed by atoms with Crippen molar-refractivity contribution < 1.29 is 19.5 Å². The minimum atomic E-state index is -1.17. The van der Waals surface area contributed by atoms with E-state index in [9.17, 15) is 19.5 Å². The third kappa shape index (κ3) is 2.54. The Hall–Kier alpha value is -1.36. The quantitative estimate of drug-likeness (QED) is 0.353. The number of carboxylic acids is 1. The summed E-state index contributed by atoms with van der Waals surface area (Å²) in [5, 5.41) is 15.6. The molecule has 1 unspecified atom stereocenters. The molecule has 2 saturated heterocycles. The second kappa shape index (κ2) is 6.42. The first-order valence-corrected chi connectivity index (χ1v) is 8.03. The van der Waals surface area contributed by atoms with Crippen molar-refractivity contribution in [2.75, 3.05) is 6.54 Å². The van der Waals surface area contributed by atoms with Crippen LogP contribution in [0.5, 0.6) is 0 Å². The molecule has 0 spiro atoms. The first-order valence-electron chi connectivity index (χ1n) is 7.52. The molecule has 2 amide bonds. The number of carboxylic acid groups (broad SMARTS) is 1. The molecule has 4 heterocycles. The summed E-state index contributed by atoms with van der Waals surface area (Å²) in [4.78, 5) is 43.0. The molecule has 0 saturated carbocycles. The zero-order chi connectivity index (χ0) is 17.2. The molecule has 2 N–H and O–H groups in total. The van der Waals surface area contributed by atoms with Crippen LogP contribution in [0.3, 0.4) is 0 Å². The van der Waals surface area contributed by atoms with Crippen molar-refractivity contribution in [1.82, 2.24) is 25.0 Å². The van der Waals surface area contributed by atoms with Gasteiger partial charge in [0.1, 0.15) is 18.1 Å². The summed E-state index contributed by atoms with van der Waals surface area (Å²) in [7, 11) is 0. The molecule has 1 aromatic rings. The van der Waals surface area contributed by atoms with E-state index in [2.05, 4.69) is 27.8 Å². The van der Waals surface area contributed by atoms with E-state index < -0.39 is 17.3 Å². The Morgan fingerprint density at radius 3 is 2.76 bits per heavy atom. The van der Waals surface area contributed by atoms with Crippen molar-refractivity contribution in [3.63, 3.8) is 0 Å². The Labute approximate surface area is 170 Å². The standard InChI is InChI=1S/C14H15N5O4S.Na.H/c1-5(20)18-3-6-2-7(11(24)12-15-4-16-17-12)9(14(22)23)19-8(6)10(18)13(19)21;;/h4,6,8,10-11,24H,2-3H2,1H3,(H,22,23)(H,15,16,17);;/t6-,8-,10+,11?;;/m1../s1. The number of carbonyl (C=O) groups excluding carboxylic acids is 2. The number of hydrogen-bond donors (Lipinski definition) is 3. The molecule has 0 bridgehead atoms. The van der Waals surface area contributed by atoms with Gasteiger partial charge >= 0.3 is 35.5 Å². The molecule has 2 fully saturated rings. The van der Waals surface area contributed by atoms with E-state index in [1.54, 1.807) is 0 Å². The van der Waals surface area contributed by atoms with Gasteiger partial charge in [-0.2, -0.15) is 17.7 Å². The number of thiol groups is 1. The zero-order valence-corrected chi connectivity index (χ0v) is 13.6. The van der Waals surface area contributed by atoms with E-state index in [1.807, 2.05) is 0 Å². The van der Waals surface area contributed by atoms with Gasteiger partial charge in [-0.3, -0.25) is 19.6 Å². The first kappa shape index (κ1) is 18.4. The van der Waals surface area contributed by atoms with Gasteiger partial charge in [0.2, 0.25) is 5.91 Å². The van der Waals surface area contributed by atoms with E-state index in [0.29, 0.717) is 24.4 Å². The van der Waals surface area contributed by atoms with Crippen LogP contribution in [0.15, 0.2) is 17.6 Å². The molecule has 0 radical (unpaired) electrons.